The van der Waals surface area contributed by atoms with Gasteiger partial charge in [0.15, 0.2) is 0 Å². The molecule has 0 aromatic heterocycles. The zero-order valence-corrected chi connectivity index (χ0v) is 12.8. The second-order valence-corrected chi connectivity index (χ2v) is 5.85. The van der Waals surface area contributed by atoms with Crippen molar-refractivity contribution in [2.45, 2.75) is 91.1 Å². The van der Waals surface area contributed by atoms with E-state index >= 15 is 0 Å². The fourth-order valence-corrected chi connectivity index (χ4v) is 2.53. The normalized spacial score (nSPS) is 13.9. The van der Waals surface area contributed by atoms with Crippen molar-refractivity contribution in [1.82, 2.24) is 0 Å². The number of rotatable bonds is 11. The van der Waals surface area contributed by atoms with Crippen LogP contribution in [0.4, 0.5) is 0 Å². The van der Waals surface area contributed by atoms with E-state index in [1.54, 1.807) is 0 Å². The highest BCUT2D eigenvalue weighted by Gasteiger charge is 2.27. The summed E-state index contributed by atoms with van der Waals surface area (Å²) in [5.41, 5.74) is 0.0550. The maximum atomic E-state index is 5.65. The Kier molecular flexibility index (Phi) is 9.91. The Morgan fingerprint density at radius 1 is 0.824 bits per heavy atom. The molecule has 0 aliphatic rings. The molecular weight excluding hydrogens is 208 g/mol. The van der Waals surface area contributed by atoms with Crippen LogP contribution in [0.2, 0.25) is 0 Å². The summed E-state index contributed by atoms with van der Waals surface area (Å²) in [6.07, 6.45) is 12.3. The zero-order chi connectivity index (χ0) is 13.1. The molecule has 0 saturated heterocycles. The van der Waals surface area contributed by atoms with Crippen molar-refractivity contribution in [2.75, 3.05) is 7.11 Å². The number of hydrogen-bond donors (Lipinski definition) is 0. The van der Waals surface area contributed by atoms with E-state index in [1.165, 1.54) is 57.8 Å². The van der Waals surface area contributed by atoms with Crippen molar-refractivity contribution in [3.8, 4) is 0 Å². The van der Waals surface area contributed by atoms with Crippen LogP contribution in [0.15, 0.2) is 0 Å². The van der Waals surface area contributed by atoms with Gasteiger partial charge >= 0.3 is 0 Å². The largest absolute Gasteiger partial charge is 0.379 e. The van der Waals surface area contributed by atoms with Gasteiger partial charge in [0.05, 0.1) is 5.60 Å². The summed E-state index contributed by atoms with van der Waals surface area (Å²) in [5, 5.41) is 0. The number of hydrogen-bond acceptors (Lipinski definition) is 1. The van der Waals surface area contributed by atoms with Crippen molar-refractivity contribution in [3.05, 3.63) is 0 Å². The Morgan fingerprint density at radius 2 is 1.41 bits per heavy atom. The minimum Gasteiger partial charge on any atom is -0.379 e. The van der Waals surface area contributed by atoms with Gasteiger partial charge in [0.2, 0.25) is 0 Å². The van der Waals surface area contributed by atoms with Crippen LogP contribution in [0, 0.1) is 5.92 Å². The van der Waals surface area contributed by atoms with Crippen molar-refractivity contribution >= 4 is 0 Å². The van der Waals surface area contributed by atoms with Gasteiger partial charge in [-0.25, -0.2) is 0 Å². The molecule has 0 amide bonds. The fourth-order valence-electron chi connectivity index (χ4n) is 2.53. The fraction of sp³-hybridized carbons (Fsp3) is 1.00. The third-order valence-corrected chi connectivity index (χ3v) is 4.05. The summed E-state index contributed by atoms with van der Waals surface area (Å²) in [7, 11) is 1.85. The predicted molar refractivity (Wildman–Crippen MR) is 77.5 cm³/mol. The van der Waals surface area contributed by atoms with Crippen molar-refractivity contribution in [1.29, 1.82) is 0 Å². The van der Waals surface area contributed by atoms with Crippen molar-refractivity contribution < 1.29 is 4.74 Å². The van der Waals surface area contributed by atoms with E-state index in [2.05, 4.69) is 27.7 Å². The number of ether oxygens (including phenoxy) is 1. The van der Waals surface area contributed by atoms with Crippen LogP contribution < -0.4 is 0 Å². The van der Waals surface area contributed by atoms with Crippen LogP contribution in [0.1, 0.15) is 85.5 Å². The average molecular weight is 242 g/mol. The van der Waals surface area contributed by atoms with E-state index in [0.29, 0.717) is 0 Å². The minimum atomic E-state index is 0.0550. The molecule has 0 N–H and O–H groups in total. The van der Waals surface area contributed by atoms with E-state index in [1.807, 2.05) is 7.11 Å². The highest BCUT2D eigenvalue weighted by Crippen LogP contribution is 2.30. The SMILES string of the molecule is CCCCCCCCC(CCC)C(C)(C)OC. The maximum absolute atomic E-state index is 5.65. The van der Waals surface area contributed by atoms with Crippen LogP contribution >= 0.6 is 0 Å². The first-order valence-corrected chi connectivity index (χ1v) is 7.63. The highest BCUT2D eigenvalue weighted by atomic mass is 16.5. The molecule has 0 fully saturated rings. The molecule has 1 atom stereocenters. The van der Waals surface area contributed by atoms with Gasteiger partial charge in [-0.15, -0.1) is 0 Å². The van der Waals surface area contributed by atoms with Crippen LogP contribution in [-0.2, 0) is 4.74 Å². The quantitative estimate of drug-likeness (QED) is 0.430. The molecule has 104 valence electrons. The Bertz CT molecular complexity index is 163. The second kappa shape index (κ2) is 9.94. The van der Waals surface area contributed by atoms with E-state index in [9.17, 15) is 0 Å². The molecule has 1 nitrogen and oxygen atoms in total. The zero-order valence-electron chi connectivity index (χ0n) is 12.8. The van der Waals surface area contributed by atoms with Crippen LogP contribution in [-0.4, -0.2) is 12.7 Å². The lowest BCUT2D eigenvalue weighted by Crippen LogP contribution is -2.33. The summed E-state index contributed by atoms with van der Waals surface area (Å²) in [6, 6.07) is 0. The van der Waals surface area contributed by atoms with Gasteiger partial charge in [-0.1, -0.05) is 58.8 Å². The molecule has 0 heterocycles. The van der Waals surface area contributed by atoms with E-state index in [4.69, 9.17) is 4.74 Å². The summed E-state index contributed by atoms with van der Waals surface area (Å²) >= 11 is 0. The summed E-state index contributed by atoms with van der Waals surface area (Å²) in [5.74, 6) is 0.726. The molecule has 0 saturated carbocycles. The van der Waals surface area contributed by atoms with Gasteiger partial charge in [0, 0.05) is 7.11 Å². The highest BCUT2D eigenvalue weighted by molar-refractivity contribution is 4.78. The standard InChI is InChI=1S/C16H34O/c1-6-8-9-10-11-12-14-15(13-7-2)16(3,4)17-5/h15H,6-14H2,1-5H3. The Morgan fingerprint density at radius 3 is 1.94 bits per heavy atom. The van der Waals surface area contributed by atoms with Gasteiger partial charge in [-0.2, -0.15) is 0 Å². The predicted octanol–water partition coefficient (Wildman–Crippen LogP) is 5.58. The minimum absolute atomic E-state index is 0.0550. The van der Waals surface area contributed by atoms with Gasteiger partial charge in [0.1, 0.15) is 0 Å². The van der Waals surface area contributed by atoms with E-state index in [0.717, 1.165) is 5.92 Å². The molecule has 0 rings (SSSR count). The molecule has 0 aromatic carbocycles. The topological polar surface area (TPSA) is 9.23 Å². The summed E-state index contributed by atoms with van der Waals surface area (Å²) < 4.78 is 5.65. The molecular formula is C16H34O. The lowest BCUT2D eigenvalue weighted by molar-refractivity contribution is -0.0347. The lowest BCUT2D eigenvalue weighted by Gasteiger charge is -2.33. The first kappa shape index (κ1) is 17.0. The molecule has 1 unspecified atom stereocenters. The lowest BCUT2D eigenvalue weighted by atomic mass is 9.83. The van der Waals surface area contributed by atoms with Gasteiger partial charge in [0.25, 0.3) is 0 Å². The summed E-state index contributed by atoms with van der Waals surface area (Å²) in [6.45, 7) is 9.03. The first-order valence-electron chi connectivity index (χ1n) is 7.63. The van der Waals surface area contributed by atoms with Crippen molar-refractivity contribution in [2.24, 2.45) is 5.92 Å². The van der Waals surface area contributed by atoms with Gasteiger partial charge < -0.3 is 4.74 Å². The molecule has 0 aliphatic carbocycles. The number of methoxy groups -OCH3 is 1. The average Bonchev–Trinajstić information content (AvgIpc) is 2.32. The smallest absolute Gasteiger partial charge is 0.0650 e. The van der Waals surface area contributed by atoms with E-state index in [-0.39, 0.29) is 5.60 Å². The van der Waals surface area contributed by atoms with Crippen LogP contribution in [0.25, 0.3) is 0 Å². The summed E-state index contributed by atoms with van der Waals surface area (Å²) in [4.78, 5) is 0. The third-order valence-electron chi connectivity index (χ3n) is 4.05. The Labute approximate surface area is 109 Å². The molecule has 0 aliphatic heterocycles. The van der Waals surface area contributed by atoms with Crippen molar-refractivity contribution in [3.63, 3.8) is 0 Å². The Balaban J connectivity index is 3.78. The van der Waals surface area contributed by atoms with Gasteiger partial charge in [-0.05, 0) is 32.6 Å². The third kappa shape index (κ3) is 7.81. The van der Waals surface area contributed by atoms with Gasteiger partial charge in [-0.3, -0.25) is 0 Å². The molecule has 0 radical (unpaired) electrons. The monoisotopic (exact) mass is 242 g/mol. The molecule has 0 bridgehead atoms. The van der Waals surface area contributed by atoms with E-state index < -0.39 is 0 Å². The first-order chi connectivity index (χ1) is 8.08. The Hall–Kier alpha value is -0.0400. The second-order valence-electron chi connectivity index (χ2n) is 5.85. The number of unbranched alkanes of at least 4 members (excludes halogenated alkanes) is 5. The molecule has 1 heteroatoms. The molecule has 0 aromatic rings. The van der Waals surface area contributed by atoms with Crippen LogP contribution in [0.5, 0.6) is 0 Å². The maximum Gasteiger partial charge on any atom is 0.0650 e. The van der Waals surface area contributed by atoms with Crippen LogP contribution in [0.3, 0.4) is 0 Å². The molecule has 0 spiro atoms. The molecule has 17 heavy (non-hydrogen) atoms.